The Morgan fingerprint density at radius 1 is 1.44 bits per heavy atom. The average molecular weight is 267 g/mol. The second-order valence-electron chi connectivity index (χ2n) is 5.32. The highest BCUT2D eigenvalue weighted by atomic mass is 32.1. The summed E-state index contributed by atoms with van der Waals surface area (Å²) < 4.78 is 0. The standard InChI is InChI=1S/C14H25N3S/c1-3-17(13-7-5-4-6-8-13)9-12-10-18-14(16-12)11(2)15/h10-11,13H,3-9,15H2,1-2H3. The van der Waals surface area contributed by atoms with E-state index in [2.05, 4.69) is 22.2 Å². The molecule has 1 unspecified atom stereocenters. The first-order valence-corrected chi connectivity index (χ1v) is 8.02. The van der Waals surface area contributed by atoms with Crippen LogP contribution in [0.2, 0.25) is 0 Å². The zero-order chi connectivity index (χ0) is 13.0. The normalized spacial score (nSPS) is 19.3. The van der Waals surface area contributed by atoms with Crippen LogP contribution in [0.25, 0.3) is 0 Å². The fraction of sp³-hybridized carbons (Fsp3) is 0.786. The molecule has 102 valence electrons. The molecule has 0 aliphatic heterocycles. The van der Waals surface area contributed by atoms with Crippen molar-refractivity contribution in [2.45, 2.75) is 64.6 Å². The van der Waals surface area contributed by atoms with Crippen molar-refractivity contribution in [1.29, 1.82) is 0 Å². The molecule has 0 aromatic carbocycles. The molecule has 1 heterocycles. The minimum absolute atomic E-state index is 0.0634. The number of hydrogen-bond donors (Lipinski definition) is 1. The van der Waals surface area contributed by atoms with Gasteiger partial charge in [-0.2, -0.15) is 0 Å². The van der Waals surface area contributed by atoms with Crippen LogP contribution in [-0.2, 0) is 6.54 Å². The molecule has 1 aromatic heterocycles. The molecule has 0 radical (unpaired) electrons. The van der Waals surface area contributed by atoms with Gasteiger partial charge >= 0.3 is 0 Å². The molecule has 2 rings (SSSR count). The molecule has 1 fully saturated rings. The molecule has 1 aliphatic rings. The SMILES string of the molecule is CCN(Cc1csc(C(C)N)n1)C1CCCCC1. The summed E-state index contributed by atoms with van der Waals surface area (Å²) in [5, 5.41) is 3.23. The molecule has 1 aliphatic carbocycles. The zero-order valence-electron chi connectivity index (χ0n) is 11.6. The van der Waals surface area contributed by atoms with Gasteiger partial charge in [0.25, 0.3) is 0 Å². The van der Waals surface area contributed by atoms with Crippen LogP contribution >= 0.6 is 11.3 Å². The predicted molar refractivity (Wildman–Crippen MR) is 77.7 cm³/mol. The first-order valence-electron chi connectivity index (χ1n) is 7.14. The molecule has 18 heavy (non-hydrogen) atoms. The maximum absolute atomic E-state index is 5.87. The number of rotatable bonds is 5. The van der Waals surface area contributed by atoms with Crippen LogP contribution in [0.15, 0.2) is 5.38 Å². The van der Waals surface area contributed by atoms with E-state index in [0.717, 1.165) is 24.1 Å². The van der Waals surface area contributed by atoms with Crippen molar-refractivity contribution in [3.63, 3.8) is 0 Å². The van der Waals surface area contributed by atoms with Gasteiger partial charge in [-0.15, -0.1) is 11.3 Å². The summed E-state index contributed by atoms with van der Waals surface area (Å²) in [6.45, 7) is 6.37. The lowest BCUT2D eigenvalue weighted by Gasteiger charge is -2.33. The van der Waals surface area contributed by atoms with Crippen LogP contribution in [0.5, 0.6) is 0 Å². The Morgan fingerprint density at radius 3 is 2.72 bits per heavy atom. The first-order chi connectivity index (χ1) is 8.70. The van der Waals surface area contributed by atoms with E-state index >= 15 is 0 Å². The number of thiazole rings is 1. The van der Waals surface area contributed by atoms with Gasteiger partial charge in [0.05, 0.1) is 11.7 Å². The number of nitrogens with two attached hydrogens (primary N) is 1. The maximum Gasteiger partial charge on any atom is 0.109 e. The lowest BCUT2D eigenvalue weighted by Crippen LogP contribution is -2.36. The fourth-order valence-corrected chi connectivity index (χ4v) is 3.53. The van der Waals surface area contributed by atoms with Crippen LogP contribution in [-0.4, -0.2) is 22.5 Å². The van der Waals surface area contributed by atoms with Crippen LogP contribution < -0.4 is 5.73 Å². The van der Waals surface area contributed by atoms with Gasteiger partial charge in [0.15, 0.2) is 0 Å². The average Bonchev–Trinajstić information content (AvgIpc) is 2.86. The smallest absolute Gasteiger partial charge is 0.109 e. The Bertz CT molecular complexity index is 356. The van der Waals surface area contributed by atoms with E-state index in [1.807, 2.05) is 6.92 Å². The molecule has 1 atom stereocenters. The lowest BCUT2D eigenvalue weighted by atomic mass is 9.94. The van der Waals surface area contributed by atoms with Crippen molar-refractivity contribution in [1.82, 2.24) is 9.88 Å². The van der Waals surface area contributed by atoms with Crippen molar-refractivity contribution in [3.8, 4) is 0 Å². The summed E-state index contributed by atoms with van der Waals surface area (Å²) in [5.41, 5.74) is 7.06. The number of aromatic nitrogens is 1. The predicted octanol–water partition coefficient (Wildman–Crippen LogP) is 3.32. The van der Waals surface area contributed by atoms with E-state index < -0.39 is 0 Å². The van der Waals surface area contributed by atoms with Crippen molar-refractivity contribution < 1.29 is 0 Å². The molecule has 2 N–H and O–H groups in total. The molecular formula is C14H25N3S. The Labute approximate surface area is 114 Å². The third-order valence-electron chi connectivity index (χ3n) is 3.82. The minimum Gasteiger partial charge on any atom is -0.322 e. The fourth-order valence-electron chi connectivity index (χ4n) is 2.76. The van der Waals surface area contributed by atoms with Gasteiger partial charge in [0.1, 0.15) is 5.01 Å². The summed E-state index contributed by atoms with van der Waals surface area (Å²) in [5.74, 6) is 0. The number of hydrogen-bond acceptors (Lipinski definition) is 4. The summed E-state index contributed by atoms with van der Waals surface area (Å²) >= 11 is 1.69. The third-order valence-corrected chi connectivity index (χ3v) is 4.92. The van der Waals surface area contributed by atoms with Crippen molar-refractivity contribution in [3.05, 3.63) is 16.1 Å². The lowest BCUT2D eigenvalue weighted by molar-refractivity contribution is 0.154. The van der Waals surface area contributed by atoms with E-state index in [1.54, 1.807) is 11.3 Å². The van der Waals surface area contributed by atoms with Gasteiger partial charge in [-0.05, 0) is 26.3 Å². The van der Waals surface area contributed by atoms with Crippen LogP contribution in [0, 0.1) is 0 Å². The Kier molecular flexibility index (Phi) is 5.15. The summed E-state index contributed by atoms with van der Waals surface area (Å²) in [4.78, 5) is 7.23. The van der Waals surface area contributed by atoms with Gasteiger partial charge in [0.2, 0.25) is 0 Å². The molecule has 0 spiro atoms. The van der Waals surface area contributed by atoms with E-state index in [1.165, 1.54) is 37.8 Å². The van der Waals surface area contributed by atoms with Crippen molar-refractivity contribution >= 4 is 11.3 Å². The molecule has 4 heteroatoms. The third kappa shape index (κ3) is 3.53. The zero-order valence-corrected chi connectivity index (χ0v) is 12.4. The second-order valence-corrected chi connectivity index (χ2v) is 6.21. The van der Waals surface area contributed by atoms with Crippen LogP contribution in [0.1, 0.15) is 62.7 Å². The Morgan fingerprint density at radius 2 is 2.17 bits per heavy atom. The van der Waals surface area contributed by atoms with E-state index in [4.69, 9.17) is 5.73 Å². The number of nitrogens with zero attached hydrogens (tertiary/aromatic N) is 2. The topological polar surface area (TPSA) is 42.1 Å². The molecule has 0 bridgehead atoms. The van der Waals surface area contributed by atoms with Gasteiger partial charge in [-0.1, -0.05) is 26.2 Å². The van der Waals surface area contributed by atoms with Gasteiger partial charge in [-0.3, -0.25) is 4.90 Å². The van der Waals surface area contributed by atoms with Crippen LogP contribution in [0.4, 0.5) is 0 Å². The summed E-state index contributed by atoms with van der Waals surface area (Å²) in [6, 6.07) is 0.831. The van der Waals surface area contributed by atoms with Gasteiger partial charge in [0, 0.05) is 18.0 Å². The highest BCUT2D eigenvalue weighted by molar-refractivity contribution is 7.09. The molecular weight excluding hydrogens is 242 g/mol. The minimum atomic E-state index is 0.0634. The van der Waals surface area contributed by atoms with E-state index in [0.29, 0.717) is 0 Å². The van der Waals surface area contributed by atoms with Crippen molar-refractivity contribution in [2.24, 2.45) is 5.73 Å². The van der Waals surface area contributed by atoms with E-state index in [9.17, 15) is 0 Å². The summed E-state index contributed by atoms with van der Waals surface area (Å²) in [6.07, 6.45) is 6.92. The molecule has 3 nitrogen and oxygen atoms in total. The largest absolute Gasteiger partial charge is 0.322 e. The molecule has 1 aromatic rings. The van der Waals surface area contributed by atoms with Gasteiger partial charge in [-0.25, -0.2) is 4.98 Å². The second kappa shape index (κ2) is 6.64. The molecule has 0 saturated heterocycles. The quantitative estimate of drug-likeness (QED) is 0.890. The Balaban J connectivity index is 1.95. The highest BCUT2D eigenvalue weighted by Gasteiger charge is 2.20. The van der Waals surface area contributed by atoms with E-state index in [-0.39, 0.29) is 6.04 Å². The molecule has 1 saturated carbocycles. The maximum atomic E-state index is 5.87. The Hall–Kier alpha value is -0.450. The first kappa shape index (κ1) is 14.0. The van der Waals surface area contributed by atoms with Crippen LogP contribution in [0.3, 0.4) is 0 Å². The van der Waals surface area contributed by atoms with Crippen molar-refractivity contribution in [2.75, 3.05) is 6.54 Å². The monoisotopic (exact) mass is 267 g/mol. The molecule has 0 amide bonds. The highest BCUT2D eigenvalue weighted by Crippen LogP contribution is 2.24. The summed E-state index contributed by atoms with van der Waals surface area (Å²) in [7, 11) is 0. The van der Waals surface area contributed by atoms with Gasteiger partial charge < -0.3 is 5.73 Å².